The van der Waals surface area contributed by atoms with Crippen molar-refractivity contribution in [2.75, 3.05) is 0 Å². The van der Waals surface area contributed by atoms with Crippen LogP contribution in [0.5, 0.6) is 0 Å². The topological polar surface area (TPSA) is 12.9 Å². The second kappa shape index (κ2) is 3.56. The second-order valence-corrected chi connectivity index (χ2v) is 4.27. The van der Waals surface area contributed by atoms with Gasteiger partial charge in [0.15, 0.2) is 0 Å². The monoisotopic (exact) mass is 181 g/mol. The Morgan fingerprint density at radius 1 is 1.58 bits per heavy atom. The fraction of sp³-hybridized carbons (Fsp3) is 0.700. The summed E-state index contributed by atoms with van der Waals surface area (Å²) >= 11 is 1.62. The zero-order chi connectivity index (χ0) is 8.39. The van der Waals surface area contributed by atoms with E-state index in [0.717, 1.165) is 12.3 Å². The molecule has 0 saturated heterocycles. The number of nitrogens with zero attached hydrogens (tertiary/aromatic N) is 1. The minimum Gasteiger partial charge on any atom is -0.197 e. The van der Waals surface area contributed by atoms with E-state index in [2.05, 4.69) is 16.7 Å². The third-order valence-corrected chi connectivity index (χ3v) is 3.53. The minimum absolute atomic E-state index is 0.956. The molecule has 0 amide bonds. The molecule has 0 aromatic carbocycles. The molecule has 1 aliphatic rings. The predicted octanol–water partition coefficient (Wildman–Crippen LogP) is 3.05. The number of hydrogen-bond donors (Lipinski definition) is 0. The van der Waals surface area contributed by atoms with Gasteiger partial charge in [-0.15, -0.1) is 0 Å². The summed E-state index contributed by atoms with van der Waals surface area (Å²) in [5, 5.41) is 2.20. The average Bonchev–Trinajstić information content (AvgIpc) is 2.43. The molecule has 1 aromatic rings. The van der Waals surface area contributed by atoms with Gasteiger partial charge in [0, 0.05) is 5.38 Å². The molecule has 12 heavy (non-hydrogen) atoms. The molecule has 0 bridgehead atoms. The van der Waals surface area contributed by atoms with Crippen LogP contribution in [0.15, 0.2) is 5.38 Å². The molecule has 0 N–H and O–H groups in total. The smallest absolute Gasteiger partial charge is 0.0576 e. The van der Waals surface area contributed by atoms with Crippen molar-refractivity contribution < 1.29 is 0 Å². The van der Waals surface area contributed by atoms with Crippen molar-refractivity contribution in [1.82, 2.24) is 4.37 Å². The molecule has 66 valence electrons. The predicted molar refractivity (Wildman–Crippen MR) is 52.5 cm³/mol. The highest BCUT2D eigenvalue weighted by Gasteiger charge is 2.19. The van der Waals surface area contributed by atoms with Gasteiger partial charge in [0.05, 0.1) is 5.69 Å². The lowest BCUT2D eigenvalue weighted by molar-refractivity contribution is 0.312. The van der Waals surface area contributed by atoms with Gasteiger partial charge in [0.25, 0.3) is 0 Å². The van der Waals surface area contributed by atoms with Crippen molar-refractivity contribution in [2.45, 2.75) is 39.0 Å². The Labute approximate surface area is 78.0 Å². The number of hydrogen-bond acceptors (Lipinski definition) is 2. The van der Waals surface area contributed by atoms with Gasteiger partial charge in [0.1, 0.15) is 0 Å². The molecular weight excluding hydrogens is 166 g/mol. The van der Waals surface area contributed by atoms with E-state index in [1.807, 2.05) is 0 Å². The molecule has 2 heteroatoms. The van der Waals surface area contributed by atoms with Crippen LogP contribution < -0.4 is 0 Å². The van der Waals surface area contributed by atoms with Crippen molar-refractivity contribution in [2.24, 2.45) is 5.92 Å². The first-order chi connectivity index (χ1) is 5.90. The molecule has 2 rings (SSSR count). The van der Waals surface area contributed by atoms with Crippen LogP contribution >= 0.6 is 11.5 Å². The van der Waals surface area contributed by atoms with Crippen LogP contribution in [0.2, 0.25) is 0 Å². The van der Waals surface area contributed by atoms with Gasteiger partial charge >= 0.3 is 0 Å². The first-order valence-corrected chi connectivity index (χ1v) is 5.66. The molecule has 0 spiro atoms. The summed E-state index contributed by atoms with van der Waals surface area (Å²) in [6, 6.07) is 0. The SMILES string of the molecule is CCc1csnc1CC1CCC1. The standard InChI is InChI=1S/C10H15NS/c1-2-9-7-12-11-10(9)6-8-4-3-5-8/h7-8H,2-6H2,1H3. The fourth-order valence-electron chi connectivity index (χ4n) is 1.71. The molecule has 1 heterocycles. The Bertz CT molecular complexity index is 250. The van der Waals surface area contributed by atoms with Crippen LogP contribution in [0.3, 0.4) is 0 Å². The van der Waals surface area contributed by atoms with E-state index < -0.39 is 0 Å². The first kappa shape index (κ1) is 8.24. The highest BCUT2D eigenvalue weighted by Crippen LogP contribution is 2.30. The highest BCUT2D eigenvalue weighted by molar-refractivity contribution is 7.03. The number of aryl methyl sites for hydroxylation is 1. The molecule has 1 nitrogen and oxygen atoms in total. The zero-order valence-electron chi connectivity index (χ0n) is 7.55. The van der Waals surface area contributed by atoms with Crippen molar-refractivity contribution in [3.8, 4) is 0 Å². The van der Waals surface area contributed by atoms with Gasteiger partial charge < -0.3 is 0 Å². The molecule has 0 aliphatic heterocycles. The van der Waals surface area contributed by atoms with E-state index in [1.165, 1.54) is 36.9 Å². The minimum atomic E-state index is 0.956. The van der Waals surface area contributed by atoms with E-state index in [0.29, 0.717) is 0 Å². The molecule has 1 aliphatic carbocycles. The van der Waals surface area contributed by atoms with Gasteiger partial charge in [0.2, 0.25) is 0 Å². The van der Waals surface area contributed by atoms with Gasteiger partial charge in [-0.2, -0.15) is 4.37 Å². The van der Waals surface area contributed by atoms with Gasteiger partial charge in [-0.05, 0) is 35.9 Å². The van der Waals surface area contributed by atoms with Crippen molar-refractivity contribution >= 4 is 11.5 Å². The van der Waals surface area contributed by atoms with Gasteiger partial charge in [-0.1, -0.05) is 26.2 Å². The van der Waals surface area contributed by atoms with E-state index in [9.17, 15) is 0 Å². The van der Waals surface area contributed by atoms with Gasteiger partial charge in [-0.3, -0.25) is 0 Å². The summed E-state index contributed by atoms with van der Waals surface area (Å²) in [5.41, 5.74) is 2.86. The van der Waals surface area contributed by atoms with Crippen LogP contribution in [0.1, 0.15) is 37.4 Å². The molecule has 0 atom stereocenters. The molecule has 0 unspecified atom stereocenters. The first-order valence-electron chi connectivity index (χ1n) is 4.82. The van der Waals surface area contributed by atoms with Crippen LogP contribution in [0.25, 0.3) is 0 Å². The van der Waals surface area contributed by atoms with Crippen LogP contribution in [0, 0.1) is 5.92 Å². The highest BCUT2D eigenvalue weighted by atomic mass is 32.1. The Balaban J connectivity index is 2.00. The Hall–Kier alpha value is -0.370. The lowest BCUT2D eigenvalue weighted by Gasteiger charge is -2.24. The van der Waals surface area contributed by atoms with Gasteiger partial charge in [-0.25, -0.2) is 0 Å². The lowest BCUT2D eigenvalue weighted by Crippen LogP contribution is -2.14. The summed E-state index contributed by atoms with van der Waals surface area (Å²) in [6.07, 6.45) is 6.70. The Kier molecular flexibility index (Phi) is 2.45. The van der Waals surface area contributed by atoms with Crippen LogP contribution in [-0.4, -0.2) is 4.37 Å². The normalized spacial score (nSPS) is 17.8. The number of rotatable bonds is 3. The summed E-state index contributed by atoms with van der Waals surface area (Å²) in [6.45, 7) is 2.22. The summed E-state index contributed by atoms with van der Waals surface area (Å²) in [7, 11) is 0. The molecule has 1 aromatic heterocycles. The van der Waals surface area contributed by atoms with Crippen LogP contribution in [0.4, 0.5) is 0 Å². The summed E-state index contributed by atoms with van der Waals surface area (Å²) < 4.78 is 4.45. The van der Waals surface area contributed by atoms with Crippen molar-refractivity contribution in [1.29, 1.82) is 0 Å². The summed E-state index contributed by atoms with van der Waals surface area (Å²) in [4.78, 5) is 0. The molecular formula is C10H15NS. The third kappa shape index (κ3) is 1.53. The largest absolute Gasteiger partial charge is 0.197 e. The Morgan fingerprint density at radius 3 is 3.00 bits per heavy atom. The second-order valence-electron chi connectivity index (χ2n) is 3.64. The van der Waals surface area contributed by atoms with E-state index in [1.54, 1.807) is 11.5 Å². The number of aromatic nitrogens is 1. The van der Waals surface area contributed by atoms with E-state index in [4.69, 9.17) is 0 Å². The van der Waals surface area contributed by atoms with E-state index in [-0.39, 0.29) is 0 Å². The van der Waals surface area contributed by atoms with E-state index >= 15 is 0 Å². The maximum atomic E-state index is 4.45. The molecule has 1 fully saturated rings. The maximum absolute atomic E-state index is 4.45. The van der Waals surface area contributed by atoms with Crippen molar-refractivity contribution in [3.63, 3.8) is 0 Å². The Morgan fingerprint density at radius 2 is 2.42 bits per heavy atom. The fourth-order valence-corrected chi connectivity index (χ4v) is 2.51. The quantitative estimate of drug-likeness (QED) is 0.698. The average molecular weight is 181 g/mol. The molecule has 1 saturated carbocycles. The zero-order valence-corrected chi connectivity index (χ0v) is 8.36. The van der Waals surface area contributed by atoms with Crippen LogP contribution in [-0.2, 0) is 12.8 Å². The van der Waals surface area contributed by atoms with Crippen molar-refractivity contribution in [3.05, 3.63) is 16.6 Å². The summed E-state index contributed by atoms with van der Waals surface area (Å²) in [5.74, 6) is 0.956. The third-order valence-electron chi connectivity index (χ3n) is 2.82. The molecule has 0 radical (unpaired) electrons. The maximum Gasteiger partial charge on any atom is 0.0576 e. The lowest BCUT2D eigenvalue weighted by atomic mass is 9.81.